The number of halogens is 2. The number of nitrogens with zero attached hydrogens (tertiary/aromatic N) is 2. The van der Waals surface area contributed by atoms with E-state index in [0.717, 1.165) is 6.07 Å². The van der Waals surface area contributed by atoms with Gasteiger partial charge < -0.3 is 9.64 Å². The molecule has 0 unspecified atom stereocenters. The Morgan fingerprint density at radius 2 is 1.74 bits per heavy atom. The number of amides is 1. The lowest BCUT2D eigenvalue weighted by Crippen LogP contribution is -2.40. The lowest BCUT2D eigenvalue weighted by atomic mass is 10.0. The summed E-state index contributed by atoms with van der Waals surface area (Å²) in [6, 6.07) is 8.24. The van der Waals surface area contributed by atoms with Gasteiger partial charge in [0.15, 0.2) is 0 Å². The first-order valence-electron chi connectivity index (χ1n) is 10.0. The van der Waals surface area contributed by atoms with Crippen molar-refractivity contribution in [1.82, 2.24) is 4.31 Å². The Kier molecular flexibility index (Phi) is 6.17. The Labute approximate surface area is 179 Å². The minimum Gasteiger partial charge on any atom is -0.379 e. The fraction of sp³-hybridized carbons (Fsp3) is 0.318. The van der Waals surface area contributed by atoms with E-state index >= 15 is 0 Å². The summed E-state index contributed by atoms with van der Waals surface area (Å²) in [5.41, 5.74) is 1.23. The number of morpholine rings is 1. The monoisotopic (exact) mass is 448 g/mol. The van der Waals surface area contributed by atoms with Crippen LogP contribution in [0, 0.1) is 11.6 Å². The van der Waals surface area contributed by atoms with Crippen LogP contribution in [0.25, 0.3) is 6.08 Å². The van der Waals surface area contributed by atoms with Crippen molar-refractivity contribution in [3.8, 4) is 0 Å². The van der Waals surface area contributed by atoms with Crippen LogP contribution in [0.4, 0.5) is 14.5 Å². The van der Waals surface area contributed by atoms with Crippen LogP contribution in [0.2, 0.25) is 0 Å². The highest BCUT2D eigenvalue weighted by atomic mass is 32.2. The molecule has 0 saturated carbocycles. The number of benzene rings is 2. The van der Waals surface area contributed by atoms with Crippen molar-refractivity contribution in [1.29, 1.82) is 0 Å². The van der Waals surface area contributed by atoms with E-state index in [2.05, 4.69) is 0 Å². The van der Waals surface area contributed by atoms with E-state index < -0.39 is 27.6 Å². The highest BCUT2D eigenvalue weighted by molar-refractivity contribution is 7.89. The van der Waals surface area contributed by atoms with Crippen molar-refractivity contribution < 1.29 is 26.7 Å². The molecular formula is C22H22F2N2O4S. The van der Waals surface area contributed by atoms with Crippen LogP contribution >= 0.6 is 0 Å². The lowest BCUT2D eigenvalue weighted by Gasteiger charge is -2.29. The standard InChI is InChI=1S/C22H22F2N2O4S/c23-18-14-17-2-1-9-26(22(17)20(24)15-18)21(27)8-5-16-3-6-19(7-4-16)31(28,29)25-10-12-30-13-11-25/h3-8,14-15H,1-2,9-13H2. The summed E-state index contributed by atoms with van der Waals surface area (Å²) in [5, 5.41) is 0. The van der Waals surface area contributed by atoms with Crippen LogP contribution in [0.5, 0.6) is 0 Å². The molecule has 2 aromatic rings. The summed E-state index contributed by atoms with van der Waals surface area (Å²) in [5.74, 6) is -1.83. The Morgan fingerprint density at radius 3 is 2.45 bits per heavy atom. The third kappa shape index (κ3) is 4.53. The van der Waals surface area contributed by atoms with Crippen LogP contribution in [-0.2, 0) is 26.0 Å². The molecule has 1 amide bonds. The van der Waals surface area contributed by atoms with E-state index in [1.54, 1.807) is 18.2 Å². The Balaban J connectivity index is 1.49. The molecule has 0 spiro atoms. The SMILES string of the molecule is O=C(C=Cc1ccc(S(=O)(=O)N2CCOCC2)cc1)N1CCCc2cc(F)cc(F)c21. The van der Waals surface area contributed by atoms with Crippen molar-refractivity contribution in [3.63, 3.8) is 0 Å². The highest BCUT2D eigenvalue weighted by Crippen LogP contribution is 2.31. The average Bonchev–Trinajstić information content (AvgIpc) is 2.77. The van der Waals surface area contributed by atoms with Crippen molar-refractivity contribution >= 4 is 27.7 Å². The molecule has 4 rings (SSSR count). The molecule has 2 aromatic carbocycles. The zero-order chi connectivity index (χ0) is 22.0. The van der Waals surface area contributed by atoms with Crippen LogP contribution in [-0.4, -0.2) is 51.5 Å². The number of fused-ring (bicyclic) bond motifs is 1. The average molecular weight is 448 g/mol. The molecule has 0 aliphatic carbocycles. The molecule has 1 saturated heterocycles. The number of ether oxygens (including phenoxy) is 1. The fourth-order valence-electron chi connectivity index (χ4n) is 3.82. The van der Waals surface area contributed by atoms with Gasteiger partial charge in [-0.25, -0.2) is 17.2 Å². The number of aryl methyl sites for hydroxylation is 1. The fourth-order valence-corrected chi connectivity index (χ4v) is 5.22. The number of anilines is 1. The maximum absolute atomic E-state index is 14.3. The summed E-state index contributed by atoms with van der Waals surface area (Å²) in [6.07, 6.45) is 3.98. The van der Waals surface area contributed by atoms with Crippen LogP contribution in [0.3, 0.4) is 0 Å². The zero-order valence-electron chi connectivity index (χ0n) is 16.8. The lowest BCUT2D eigenvalue weighted by molar-refractivity contribution is -0.114. The molecule has 0 aromatic heterocycles. The van der Waals surface area contributed by atoms with Gasteiger partial charge >= 0.3 is 0 Å². The molecule has 164 valence electrons. The van der Waals surface area contributed by atoms with Gasteiger partial charge in [-0.05, 0) is 48.2 Å². The van der Waals surface area contributed by atoms with Crippen LogP contribution < -0.4 is 4.90 Å². The molecule has 0 bridgehead atoms. The van der Waals surface area contributed by atoms with Gasteiger partial charge in [-0.3, -0.25) is 4.79 Å². The summed E-state index contributed by atoms with van der Waals surface area (Å²) in [6.45, 7) is 1.71. The van der Waals surface area contributed by atoms with E-state index in [1.807, 2.05) is 0 Å². The van der Waals surface area contributed by atoms with Gasteiger partial charge in [-0.2, -0.15) is 4.31 Å². The van der Waals surface area contributed by atoms with Crippen LogP contribution in [0.1, 0.15) is 17.5 Å². The minimum atomic E-state index is -3.59. The molecule has 6 nitrogen and oxygen atoms in total. The molecule has 0 atom stereocenters. The second-order valence-corrected chi connectivity index (χ2v) is 9.35. The van der Waals surface area contributed by atoms with E-state index in [1.165, 1.54) is 33.5 Å². The number of hydrogen-bond acceptors (Lipinski definition) is 4. The quantitative estimate of drug-likeness (QED) is 0.675. The van der Waals surface area contributed by atoms with Crippen molar-refractivity contribution in [2.24, 2.45) is 0 Å². The number of hydrogen-bond donors (Lipinski definition) is 0. The molecule has 0 radical (unpaired) electrons. The van der Waals surface area contributed by atoms with Gasteiger partial charge in [-0.15, -0.1) is 0 Å². The van der Waals surface area contributed by atoms with E-state index in [-0.39, 0.29) is 10.6 Å². The van der Waals surface area contributed by atoms with E-state index in [0.29, 0.717) is 56.8 Å². The molecule has 2 aliphatic rings. The third-order valence-corrected chi connectivity index (χ3v) is 7.29. The van der Waals surface area contributed by atoms with E-state index in [4.69, 9.17) is 4.74 Å². The normalized spacial score (nSPS) is 17.7. The topological polar surface area (TPSA) is 66.9 Å². The zero-order valence-corrected chi connectivity index (χ0v) is 17.6. The maximum Gasteiger partial charge on any atom is 0.251 e. The maximum atomic E-state index is 14.3. The first-order chi connectivity index (χ1) is 14.9. The molecule has 31 heavy (non-hydrogen) atoms. The van der Waals surface area contributed by atoms with Crippen LogP contribution in [0.15, 0.2) is 47.4 Å². The molecular weight excluding hydrogens is 426 g/mol. The van der Waals surface area contributed by atoms with Gasteiger partial charge in [-0.1, -0.05) is 12.1 Å². The number of rotatable bonds is 4. The minimum absolute atomic E-state index is 0.120. The van der Waals surface area contributed by atoms with Gasteiger partial charge in [0, 0.05) is 31.8 Å². The Hall–Kier alpha value is -2.62. The first-order valence-corrected chi connectivity index (χ1v) is 11.5. The number of carbonyl (C=O) groups excluding carboxylic acids is 1. The molecule has 2 aliphatic heterocycles. The Bertz CT molecular complexity index is 1110. The molecule has 1 fully saturated rings. The smallest absolute Gasteiger partial charge is 0.251 e. The summed E-state index contributed by atoms with van der Waals surface area (Å²) < 4.78 is 59.7. The number of sulfonamides is 1. The van der Waals surface area contributed by atoms with Crippen molar-refractivity contribution in [2.75, 3.05) is 37.7 Å². The highest BCUT2D eigenvalue weighted by Gasteiger charge is 2.27. The van der Waals surface area contributed by atoms with Gasteiger partial charge in [0.1, 0.15) is 11.6 Å². The van der Waals surface area contributed by atoms with Crippen molar-refractivity contribution in [3.05, 3.63) is 65.2 Å². The summed E-state index contributed by atoms with van der Waals surface area (Å²) >= 11 is 0. The molecule has 9 heteroatoms. The predicted octanol–water partition coefficient (Wildman–Crippen LogP) is 2.98. The number of carbonyl (C=O) groups is 1. The second-order valence-electron chi connectivity index (χ2n) is 7.41. The summed E-state index contributed by atoms with van der Waals surface area (Å²) in [7, 11) is -3.59. The van der Waals surface area contributed by atoms with Gasteiger partial charge in [0.2, 0.25) is 10.0 Å². The largest absolute Gasteiger partial charge is 0.379 e. The van der Waals surface area contributed by atoms with E-state index in [9.17, 15) is 22.0 Å². The predicted molar refractivity (Wildman–Crippen MR) is 112 cm³/mol. The molecule has 0 N–H and O–H groups in total. The summed E-state index contributed by atoms with van der Waals surface area (Å²) in [4.78, 5) is 14.1. The van der Waals surface area contributed by atoms with Gasteiger partial charge in [0.25, 0.3) is 5.91 Å². The van der Waals surface area contributed by atoms with Gasteiger partial charge in [0.05, 0.1) is 23.8 Å². The first kappa shape index (κ1) is 21.6. The van der Waals surface area contributed by atoms with Crippen molar-refractivity contribution in [2.45, 2.75) is 17.7 Å². The Morgan fingerprint density at radius 1 is 1.03 bits per heavy atom. The second kappa shape index (κ2) is 8.86. The molecule has 2 heterocycles. The third-order valence-electron chi connectivity index (χ3n) is 5.38.